The molecule has 0 bridgehead atoms. The van der Waals surface area contributed by atoms with Crippen LogP contribution in [-0.4, -0.2) is 27.5 Å². The molecule has 1 amide bonds. The number of carbonyl (C=O) groups is 1. The number of fused-ring (bicyclic) bond motifs is 1. The average Bonchev–Trinajstić information content (AvgIpc) is 2.84. The van der Waals surface area contributed by atoms with Gasteiger partial charge in [-0.05, 0) is 32.1 Å². The van der Waals surface area contributed by atoms with E-state index in [-0.39, 0.29) is 12.0 Å². The number of hydrogen-bond donors (Lipinski definition) is 0. The lowest BCUT2D eigenvalue weighted by molar-refractivity contribution is -0.113. The summed E-state index contributed by atoms with van der Waals surface area (Å²) in [6.45, 7) is 3.92. The van der Waals surface area contributed by atoms with Gasteiger partial charge in [0.2, 0.25) is 0 Å². The van der Waals surface area contributed by atoms with Gasteiger partial charge in [0.25, 0.3) is 5.91 Å². The summed E-state index contributed by atoms with van der Waals surface area (Å²) in [5.41, 5.74) is 3.67. The van der Waals surface area contributed by atoms with Gasteiger partial charge < -0.3 is 4.74 Å². The molecule has 5 nitrogen and oxygen atoms in total. The molecule has 0 fully saturated rings. The maximum Gasteiger partial charge on any atom is 0.284 e. The van der Waals surface area contributed by atoms with Crippen LogP contribution in [-0.2, 0) is 4.79 Å². The molecule has 2 aromatic heterocycles. The molecule has 0 atom stereocenters. The fourth-order valence-electron chi connectivity index (χ4n) is 1.92. The summed E-state index contributed by atoms with van der Waals surface area (Å²) >= 11 is 1.30. The molecule has 106 valence electrons. The number of aromatic nitrogens is 2. The fraction of sp³-hybridized carbons (Fsp3) is 0.200. The zero-order valence-corrected chi connectivity index (χ0v) is 12.4. The third-order valence-corrected chi connectivity index (χ3v) is 3.53. The molecular weight excluding hydrogens is 286 g/mol. The lowest BCUT2D eigenvalue weighted by Crippen LogP contribution is -2.06. The molecule has 0 aliphatic carbocycles. The van der Waals surface area contributed by atoms with Crippen LogP contribution in [0.15, 0.2) is 34.3 Å². The molecule has 0 radical (unpaired) electrons. The third kappa shape index (κ3) is 2.95. The number of amides is 1. The summed E-state index contributed by atoms with van der Waals surface area (Å²) in [5, 5.41) is 0. The highest BCUT2D eigenvalue weighted by molar-refractivity contribution is 8.16. The van der Waals surface area contributed by atoms with E-state index in [0.29, 0.717) is 21.9 Å². The molecule has 0 aromatic carbocycles. The molecule has 3 rings (SSSR count). The summed E-state index contributed by atoms with van der Waals surface area (Å²) in [7, 11) is 0. The van der Waals surface area contributed by atoms with E-state index in [9.17, 15) is 4.79 Å². The lowest BCUT2D eigenvalue weighted by Gasteiger charge is -2.11. The molecule has 0 unspecified atom stereocenters. The van der Waals surface area contributed by atoms with Crippen molar-refractivity contribution < 1.29 is 9.53 Å². The molecule has 6 heteroatoms. The van der Waals surface area contributed by atoms with Gasteiger partial charge in [-0.15, -0.1) is 0 Å². The van der Waals surface area contributed by atoms with Crippen LogP contribution in [0, 0.1) is 0 Å². The Morgan fingerprint density at radius 3 is 2.86 bits per heavy atom. The van der Waals surface area contributed by atoms with Crippen molar-refractivity contribution in [3.63, 3.8) is 0 Å². The quantitative estimate of drug-likeness (QED) is 0.815. The fourth-order valence-corrected chi connectivity index (χ4v) is 2.53. The second-order valence-electron chi connectivity index (χ2n) is 4.75. The van der Waals surface area contributed by atoms with Gasteiger partial charge in [0.05, 0.1) is 27.8 Å². The Morgan fingerprint density at radius 1 is 1.29 bits per heavy atom. The minimum atomic E-state index is -0.230. The van der Waals surface area contributed by atoms with Gasteiger partial charge in [-0.3, -0.25) is 9.78 Å². The lowest BCUT2D eigenvalue weighted by atomic mass is 10.2. The molecule has 1 aliphatic heterocycles. The van der Waals surface area contributed by atoms with Gasteiger partial charge in [0.1, 0.15) is 11.3 Å². The van der Waals surface area contributed by atoms with E-state index >= 15 is 0 Å². The predicted molar refractivity (Wildman–Crippen MR) is 84.4 cm³/mol. The van der Waals surface area contributed by atoms with E-state index in [4.69, 9.17) is 4.74 Å². The summed E-state index contributed by atoms with van der Waals surface area (Å²) in [6.07, 6.45) is 3.48. The molecule has 2 aromatic rings. The van der Waals surface area contributed by atoms with E-state index in [1.54, 1.807) is 18.3 Å². The van der Waals surface area contributed by atoms with Crippen molar-refractivity contribution in [2.24, 2.45) is 4.99 Å². The maximum atomic E-state index is 11.5. The first-order chi connectivity index (χ1) is 10.1. The first-order valence-electron chi connectivity index (χ1n) is 6.51. The van der Waals surface area contributed by atoms with Gasteiger partial charge in [0, 0.05) is 12.3 Å². The molecule has 21 heavy (non-hydrogen) atoms. The van der Waals surface area contributed by atoms with Crippen LogP contribution >= 0.6 is 11.8 Å². The number of rotatable bonds is 3. The highest BCUT2D eigenvalue weighted by Crippen LogP contribution is 2.26. The Morgan fingerprint density at radius 2 is 2.14 bits per heavy atom. The number of nitrogens with zero attached hydrogens (tertiary/aromatic N) is 3. The van der Waals surface area contributed by atoms with Crippen molar-refractivity contribution in [1.29, 1.82) is 0 Å². The Bertz CT molecular complexity index is 769. The largest absolute Gasteiger partial charge is 0.489 e. The van der Waals surface area contributed by atoms with Crippen LogP contribution in [0.4, 0.5) is 0 Å². The second-order valence-corrected chi connectivity index (χ2v) is 5.63. The predicted octanol–water partition coefficient (Wildman–Crippen LogP) is 3.06. The molecule has 0 spiro atoms. The van der Waals surface area contributed by atoms with Crippen LogP contribution in [0.1, 0.15) is 19.5 Å². The summed E-state index contributed by atoms with van der Waals surface area (Å²) in [5.74, 6) is 0.462. The smallest absolute Gasteiger partial charge is 0.284 e. The van der Waals surface area contributed by atoms with Crippen molar-refractivity contribution >= 4 is 40.3 Å². The van der Waals surface area contributed by atoms with Gasteiger partial charge in [-0.2, -0.15) is 0 Å². The van der Waals surface area contributed by atoms with Crippen molar-refractivity contribution in [2.75, 3.05) is 0 Å². The first kappa shape index (κ1) is 13.8. The normalized spacial score (nSPS) is 16.3. The average molecular weight is 299 g/mol. The van der Waals surface area contributed by atoms with E-state index in [1.165, 1.54) is 17.3 Å². The van der Waals surface area contributed by atoms with Crippen LogP contribution in [0.3, 0.4) is 0 Å². The van der Waals surface area contributed by atoms with Crippen molar-refractivity contribution in [3.05, 3.63) is 35.0 Å². The Balaban J connectivity index is 2.04. The van der Waals surface area contributed by atoms with Crippen LogP contribution in [0.25, 0.3) is 17.1 Å². The Kier molecular flexibility index (Phi) is 3.70. The molecule has 0 N–H and O–H groups in total. The molecular formula is C15H13N3O2S. The summed E-state index contributed by atoms with van der Waals surface area (Å²) < 4.78 is 5.75. The van der Waals surface area contributed by atoms with Gasteiger partial charge in [-0.1, -0.05) is 11.8 Å². The molecule has 3 heterocycles. The number of hydrogen-bond acceptors (Lipinski definition) is 5. The monoisotopic (exact) mass is 299 g/mol. The van der Waals surface area contributed by atoms with Crippen LogP contribution in [0.2, 0.25) is 0 Å². The van der Waals surface area contributed by atoms with Gasteiger partial charge in [0.15, 0.2) is 0 Å². The summed E-state index contributed by atoms with van der Waals surface area (Å²) in [6, 6.07) is 5.49. The zero-order chi connectivity index (χ0) is 14.8. The number of thioether (sulfide) groups is 1. The number of aliphatic imine (C=N–C) groups is 1. The number of ether oxygens (including phenoxy) is 1. The minimum absolute atomic E-state index is 0.0553. The van der Waals surface area contributed by atoms with Crippen molar-refractivity contribution in [2.45, 2.75) is 20.0 Å². The van der Waals surface area contributed by atoms with E-state index < -0.39 is 0 Å². The van der Waals surface area contributed by atoms with E-state index in [0.717, 1.165) is 5.52 Å². The highest BCUT2D eigenvalue weighted by atomic mass is 32.2. The minimum Gasteiger partial charge on any atom is -0.489 e. The number of carbonyl (C=O) groups excluding carboxylic acids is 1. The number of pyridine rings is 2. The van der Waals surface area contributed by atoms with Crippen LogP contribution in [0.5, 0.6) is 5.75 Å². The van der Waals surface area contributed by atoms with E-state index in [1.807, 2.05) is 26.0 Å². The first-order valence-corrected chi connectivity index (χ1v) is 7.39. The van der Waals surface area contributed by atoms with Crippen LogP contribution < -0.4 is 4.74 Å². The third-order valence-electron chi connectivity index (χ3n) is 2.77. The molecule has 1 aliphatic rings. The molecule has 0 saturated heterocycles. The second kappa shape index (κ2) is 5.65. The highest BCUT2D eigenvalue weighted by Gasteiger charge is 2.14. The standard InChI is InChI=1S/C15H13N3O2S/c1-9(2)20-12-5-6-16-11-4-3-10(18-14(11)12)7-13-15(19)17-8-21-13/h3-9H,1-2H3. The topological polar surface area (TPSA) is 64.4 Å². The zero-order valence-electron chi connectivity index (χ0n) is 11.6. The van der Waals surface area contributed by atoms with Crippen molar-refractivity contribution in [1.82, 2.24) is 9.97 Å². The van der Waals surface area contributed by atoms with E-state index in [2.05, 4.69) is 15.0 Å². The molecule has 0 saturated carbocycles. The SMILES string of the molecule is CC(C)Oc1ccnc2ccc(C=C3SC=NC3=O)nc12. The van der Waals surface area contributed by atoms with Crippen molar-refractivity contribution in [3.8, 4) is 5.75 Å². The van der Waals surface area contributed by atoms with Gasteiger partial charge >= 0.3 is 0 Å². The summed E-state index contributed by atoms with van der Waals surface area (Å²) in [4.78, 5) is 24.6. The Labute approximate surface area is 126 Å². The maximum absolute atomic E-state index is 11.5. The van der Waals surface area contributed by atoms with Gasteiger partial charge in [-0.25, -0.2) is 9.98 Å². The Hall–Kier alpha value is -2.21.